The number of nitrogens with zero attached hydrogens (tertiary/aromatic N) is 3. The second-order valence-electron chi connectivity index (χ2n) is 13.9. The van der Waals surface area contributed by atoms with E-state index < -0.39 is 0 Å². The fourth-order valence-corrected chi connectivity index (χ4v) is 9.17. The zero-order chi connectivity index (χ0) is 37.0. The molecular formula is C51H31N3OS. The highest BCUT2D eigenvalue weighted by atomic mass is 32.1. The molecule has 0 spiro atoms. The average Bonchev–Trinajstić information content (AvgIpc) is 3.86. The maximum Gasteiger partial charge on any atom is 0.165 e. The van der Waals surface area contributed by atoms with E-state index in [-0.39, 0.29) is 0 Å². The highest BCUT2D eigenvalue weighted by molar-refractivity contribution is 7.26. The van der Waals surface area contributed by atoms with E-state index in [0.29, 0.717) is 17.5 Å². The van der Waals surface area contributed by atoms with E-state index in [1.165, 1.54) is 48.9 Å². The minimum atomic E-state index is 0.609. The molecule has 0 saturated carbocycles. The summed E-state index contributed by atoms with van der Waals surface area (Å²) in [6.07, 6.45) is 0. The van der Waals surface area contributed by atoms with E-state index in [2.05, 4.69) is 140 Å². The summed E-state index contributed by atoms with van der Waals surface area (Å²) < 4.78 is 8.63. The quantitative estimate of drug-likeness (QED) is 0.171. The van der Waals surface area contributed by atoms with Crippen molar-refractivity contribution in [1.29, 1.82) is 0 Å². The first kappa shape index (κ1) is 32.2. The Bertz CT molecular complexity index is 3260. The summed E-state index contributed by atoms with van der Waals surface area (Å²) in [7, 11) is 0. The van der Waals surface area contributed by atoms with Crippen LogP contribution in [0.3, 0.4) is 0 Å². The van der Waals surface area contributed by atoms with Gasteiger partial charge < -0.3 is 4.42 Å². The molecular weight excluding hydrogens is 703 g/mol. The van der Waals surface area contributed by atoms with Crippen LogP contribution in [0.15, 0.2) is 192 Å². The van der Waals surface area contributed by atoms with Gasteiger partial charge in [0, 0.05) is 47.6 Å². The number of hydrogen-bond acceptors (Lipinski definition) is 5. The molecule has 0 fully saturated rings. The molecule has 0 atom stereocenters. The molecule has 262 valence electrons. The Morgan fingerprint density at radius 3 is 1.66 bits per heavy atom. The summed E-state index contributed by atoms with van der Waals surface area (Å²) in [6.45, 7) is 0. The standard InChI is InChI=1S/C51H31N3OS/c1-3-14-32(15-4-1)34-18-9-19-35(30-34)36-20-10-21-37(31-36)38-23-13-29-45-47(38)40-24-11-26-42(48(40)56-45)51-53-49(33-16-5-2-6-17-33)52-50(54-51)41-25-12-28-44-46(41)39-22-7-8-27-43(39)55-44/h1-31H. The van der Waals surface area contributed by atoms with Crippen molar-refractivity contribution in [2.24, 2.45) is 0 Å². The zero-order valence-electron chi connectivity index (χ0n) is 30.1. The van der Waals surface area contributed by atoms with Gasteiger partial charge in [0.15, 0.2) is 17.5 Å². The van der Waals surface area contributed by atoms with Crippen LogP contribution in [0.5, 0.6) is 0 Å². The largest absolute Gasteiger partial charge is 0.456 e. The molecule has 11 rings (SSSR count). The SMILES string of the molecule is c1ccc(-c2cccc(-c3cccc(-c4cccc5sc6c(-c7nc(-c8ccccc8)nc(-c8cccc9oc%10ccccc%10c89)n7)cccc6c45)c3)c2)cc1. The second-order valence-corrected chi connectivity index (χ2v) is 15.0. The molecule has 0 aliphatic rings. The Balaban J connectivity index is 1.08. The third-order valence-corrected chi connectivity index (χ3v) is 11.8. The van der Waals surface area contributed by atoms with Crippen molar-refractivity contribution in [1.82, 2.24) is 15.0 Å². The molecule has 0 unspecified atom stereocenters. The van der Waals surface area contributed by atoms with Crippen molar-refractivity contribution in [2.45, 2.75) is 0 Å². The summed E-state index contributed by atoms with van der Waals surface area (Å²) in [5.74, 6) is 1.87. The number of thiophene rings is 1. The van der Waals surface area contributed by atoms with Crippen LogP contribution in [0.25, 0.3) is 110 Å². The van der Waals surface area contributed by atoms with E-state index in [0.717, 1.165) is 43.3 Å². The Kier molecular flexibility index (Phi) is 7.64. The second kappa shape index (κ2) is 13.3. The van der Waals surface area contributed by atoms with Crippen molar-refractivity contribution in [3.05, 3.63) is 188 Å². The first-order valence-electron chi connectivity index (χ1n) is 18.7. The summed E-state index contributed by atoms with van der Waals surface area (Å²) in [5, 5.41) is 4.45. The van der Waals surface area contributed by atoms with Gasteiger partial charge in [-0.3, -0.25) is 0 Å². The topological polar surface area (TPSA) is 51.8 Å². The van der Waals surface area contributed by atoms with Crippen LogP contribution in [0.1, 0.15) is 0 Å². The molecule has 3 heterocycles. The van der Waals surface area contributed by atoms with Crippen molar-refractivity contribution in [3.63, 3.8) is 0 Å². The maximum absolute atomic E-state index is 6.27. The van der Waals surface area contributed by atoms with Crippen LogP contribution < -0.4 is 0 Å². The molecule has 5 heteroatoms. The highest BCUT2D eigenvalue weighted by Gasteiger charge is 2.20. The number of aromatic nitrogens is 3. The molecule has 0 N–H and O–H groups in total. The van der Waals surface area contributed by atoms with Gasteiger partial charge in [-0.1, -0.05) is 152 Å². The lowest BCUT2D eigenvalue weighted by molar-refractivity contribution is 0.669. The number of rotatable bonds is 6. The van der Waals surface area contributed by atoms with Gasteiger partial charge in [0.05, 0.1) is 0 Å². The molecule has 3 aromatic heterocycles. The van der Waals surface area contributed by atoms with Gasteiger partial charge in [-0.2, -0.15) is 0 Å². The van der Waals surface area contributed by atoms with Crippen LogP contribution in [0, 0.1) is 0 Å². The number of benzene rings is 8. The Hall–Kier alpha value is -7.21. The maximum atomic E-state index is 6.27. The third-order valence-electron chi connectivity index (χ3n) is 10.6. The predicted molar refractivity (Wildman–Crippen MR) is 233 cm³/mol. The lowest BCUT2D eigenvalue weighted by Gasteiger charge is -2.10. The first-order valence-corrected chi connectivity index (χ1v) is 19.5. The first-order chi connectivity index (χ1) is 27.7. The Morgan fingerprint density at radius 2 is 0.857 bits per heavy atom. The van der Waals surface area contributed by atoms with Gasteiger partial charge in [-0.25, -0.2) is 15.0 Å². The minimum absolute atomic E-state index is 0.609. The minimum Gasteiger partial charge on any atom is -0.456 e. The van der Waals surface area contributed by atoms with Crippen molar-refractivity contribution < 1.29 is 4.42 Å². The fraction of sp³-hybridized carbons (Fsp3) is 0. The number of para-hydroxylation sites is 1. The Labute approximate surface area is 327 Å². The smallest absolute Gasteiger partial charge is 0.165 e. The van der Waals surface area contributed by atoms with Gasteiger partial charge in [0.2, 0.25) is 0 Å². The summed E-state index contributed by atoms with van der Waals surface area (Å²) >= 11 is 1.79. The number of furan rings is 1. The zero-order valence-corrected chi connectivity index (χ0v) is 30.9. The van der Waals surface area contributed by atoms with Crippen molar-refractivity contribution in [3.8, 4) is 67.5 Å². The molecule has 0 amide bonds. The lowest BCUT2D eigenvalue weighted by Crippen LogP contribution is -2.00. The fourth-order valence-electron chi connectivity index (χ4n) is 7.93. The normalized spacial score (nSPS) is 11.6. The predicted octanol–water partition coefficient (Wildman–Crippen LogP) is 14.1. The third kappa shape index (κ3) is 5.48. The lowest BCUT2D eigenvalue weighted by atomic mass is 9.94. The molecule has 56 heavy (non-hydrogen) atoms. The molecule has 0 aliphatic carbocycles. The highest BCUT2D eigenvalue weighted by Crippen LogP contribution is 2.44. The van der Waals surface area contributed by atoms with Crippen molar-refractivity contribution in [2.75, 3.05) is 0 Å². The van der Waals surface area contributed by atoms with Gasteiger partial charge in [-0.15, -0.1) is 11.3 Å². The summed E-state index contributed by atoms with van der Waals surface area (Å²) in [5.41, 5.74) is 11.6. The molecule has 4 nitrogen and oxygen atoms in total. The van der Waals surface area contributed by atoms with Gasteiger partial charge >= 0.3 is 0 Å². The Morgan fingerprint density at radius 1 is 0.339 bits per heavy atom. The number of hydrogen-bond donors (Lipinski definition) is 0. The molecule has 0 saturated heterocycles. The van der Waals surface area contributed by atoms with E-state index in [1.807, 2.05) is 48.5 Å². The number of fused-ring (bicyclic) bond motifs is 6. The summed E-state index contributed by atoms with van der Waals surface area (Å²) in [6, 6.07) is 65.8. The molecule has 0 bridgehead atoms. The summed E-state index contributed by atoms with van der Waals surface area (Å²) in [4.78, 5) is 15.5. The van der Waals surface area contributed by atoms with Gasteiger partial charge in [0.1, 0.15) is 11.2 Å². The van der Waals surface area contributed by atoms with E-state index in [9.17, 15) is 0 Å². The van der Waals surface area contributed by atoms with E-state index >= 15 is 0 Å². The molecule has 8 aromatic carbocycles. The van der Waals surface area contributed by atoms with Crippen molar-refractivity contribution >= 4 is 53.4 Å². The van der Waals surface area contributed by atoms with Crippen LogP contribution in [-0.4, -0.2) is 15.0 Å². The molecule has 11 aromatic rings. The monoisotopic (exact) mass is 733 g/mol. The van der Waals surface area contributed by atoms with Gasteiger partial charge in [-0.05, 0) is 69.8 Å². The average molecular weight is 734 g/mol. The van der Waals surface area contributed by atoms with E-state index in [4.69, 9.17) is 19.4 Å². The van der Waals surface area contributed by atoms with Gasteiger partial charge in [0.25, 0.3) is 0 Å². The van der Waals surface area contributed by atoms with Crippen LogP contribution >= 0.6 is 11.3 Å². The van der Waals surface area contributed by atoms with Crippen LogP contribution in [0.2, 0.25) is 0 Å². The van der Waals surface area contributed by atoms with Crippen LogP contribution in [0.4, 0.5) is 0 Å². The van der Waals surface area contributed by atoms with Crippen LogP contribution in [-0.2, 0) is 0 Å². The molecule has 0 aliphatic heterocycles. The molecule has 0 radical (unpaired) electrons. The van der Waals surface area contributed by atoms with E-state index in [1.54, 1.807) is 11.3 Å².